The van der Waals surface area contributed by atoms with Crippen LogP contribution in [0.4, 0.5) is 0 Å². The van der Waals surface area contributed by atoms with Crippen molar-refractivity contribution < 1.29 is 9.47 Å². The molecule has 2 aliphatic rings. The molecule has 0 N–H and O–H groups in total. The van der Waals surface area contributed by atoms with Crippen LogP contribution < -0.4 is 9.47 Å². The Hall–Kier alpha value is -1.22. The van der Waals surface area contributed by atoms with E-state index in [-0.39, 0.29) is 0 Å². The molecule has 19 heavy (non-hydrogen) atoms. The van der Waals surface area contributed by atoms with E-state index < -0.39 is 0 Å². The molecular weight excluding hydrogens is 238 g/mol. The summed E-state index contributed by atoms with van der Waals surface area (Å²) < 4.78 is 10.7. The number of fused-ring (bicyclic) bond motifs is 1. The van der Waals surface area contributed by atoms with Crippen molar-refractivity contribution in [1.82, 2.24) is 4.90 Å². The molecule has 3 rings (SSSR count). The topological polar surface area (TPSA) is 21.7 Å². The Morgan fingerprint density at radius 2 is 1.84 bits per heavy atom. The molecule has 1 aromatic carbocycles. The highest BCUT2D eigenvalue weighted by molar-refractivity contribution is 5.40. The zero-order valence-corrected chi connectivity index (χ0v) is 12.3. The Bertz CT molecular complexity index is 470. The van der Waals surface area contributed by atoms with E-state index in [9.17, 15) is 0 Å². The highest BCUT2D eigenvalue weighted by atomic mass is 16.5. The van der Waals surface area contributed by atoms with Gasteiger partial charge in [0.15, 0.2) is 0 Å². The van der Waals surface area contributed by atoms with E-state index in [2.05, 4.69) is 24.8 Å². The number of benzene rings is 1. The van der Waals surface area contributed by atoms with Gasteiger partial charge in [0.25, 0.3) is 0 Å². The van der Waals surface area contributed by atoms with E-state index in [0.29, 0.717) is 5.41 Å². The second-order valence-corrected chi connectivity index (χ2v) is 6.41. The van der Waals surface area contributed by atoms with Gasteiger partial charge in [0.05, 0.1) is 14.2 Å². The Morgan fingerprint density at radius 1 is 1.16 bits per heavy atom. The molecule has 3 heteroatoms. The Labute approximate surface area is 115 Å². The average Bonchev–Trinajstić information content (AvgIpc) is 2.80. The number of hydrogen-bond donors (Lipinski definition) is 0. The van der Waals surface area contributed by atoms with Gasteiger partial charge in [0, 0.05) is 31.3 Å². The zero-order chi connectivity index (χ0) is 13.6. The number of piperidine rings is 1. The van der Waals surface area contributed by atoms with Crippen molar-refractivity contribution in [2.75, 3.05) is 27.3 Å². The summed E-state index contributed by atoms with van der Waals surface area (Å²) in [4.78, 5) is 2.55. The van der Waals surface area contributed by atoms with E-state index in [1.54, 1.807) is 14.2 Å². The summed E-state index contributed by atoms with van der Waals surface area (Å²) >= 11 is 0. The largest absolute Gasteiger partial charge is 0.497 e. The summed E-state index contributed by atoms with van der Waals surface area (Å²) in [7, 11) is 3.41. The van der Waals surface area contributed by atoms with Gasteiger partial charge in [-0.15, -0.1) is 0 Å². The minimum absolute atomic E-state index is 0.584. The van der Waals surface area contributed by atoms with Gasteiger partial charge in [0.2, 0.25) is 0 Å². The van der Waals surface area contributed by atoms with E-state index >= 15 is 0 Å². The standard InChI is InChI=1S/C16H23NO2/c1-16(2)13-9-17(10-14(13)16)8-11-5-6-12(18-3)7-15(11)19-4/h5-7,13-14H,8-10H2,1-4H3. The molecule has 1 aliphatic heterocycles. The molecular formula is C16H23NO2. The first kappa shape index (κ1) is 12.8. The first-order valence-corrected chi connectivity index (χ1v) is 6.99. The van der Waals surface area contributed by atoms with Crippen LogP contribution in [0.1, 0.15) is 19.4 Å². The zero-order valence-electron chi connectivity index (χ0n) is 12.3. The summed E-state index contributed by atoms with van der Waals surface area (Å²) in [5.74, 6) is 3.58. The molecule has 1 saturated heterocycles. The molecule has 1 saturated carbocycles. The molecule has 0 radical (unpaired) electrons. The molecule has 0 spiro atoms. The van der Waals surface area contributed by atoms with Crippen molar-refractivity contribution in [2.24, 2.45) is 17.3 Å². The van der Waals surface area contributed by atoms with Crippen LogP contribution in [0.5, 0.6) is 11.5 Å². The van der Waals surface area contributed by atoms with Crippen molar-refractivity contribution in [3.05, 3.63) is 23.8 Å². The lowest BCUT2D eigenvalue weighted by Gasteiger charge is -2.22. The number of rotatable bonds is 4. The summed E-state index contributed by atoms with van der Waals surface area (Å²) in [5.41, 5.74) is 1.84. The Morgan fingerprint density at radius 3 is 2.42 bits per heavy atom. The molecule has 104 valence electrons. The second-order valence-electron chi connectivity index (χ2n) is 6.41. The highest BCUT2D eigenvalue weighted by Gasteiger charge is 2.61. The fourth-order valence-electron chi connectivity index (χ4n) is 3.57. The molecule has 1 heterocycles. The van der Waals surface area contributed by atoms with Gasteiger partial charge >= 0.3 is 0 Å². The fourth-order valence-corrected chi connectivity index (χ4v) is 3.57. The lowest BCUT2D eigenvalue weighted by atomic mass is 10.1. The smallest absolute Gasteiger partial charge is 0.127 e. The van der Waals surface area contributed by atoms with Crippen LogP contribution >= 0.6 is 0 Å². The maximum Gasteiger partial charge on any atom is 0.127 e. The van der Waals surface area contributed by atoms with Gasteiger partial charge in [-0.05, 0) is 23.3 Å². The summed E-state index contributed by atoms with van der Waals surface area (Å²) in [5, 5.41) is 0. The third-order valence-electron chi connectivity index (χ3n) is 5.09. The minimum Gasteiger partial charge on any atom is -0.497 e. The van der Waals surface area contributed by atoms with E-state index in [1.807, 2.05) is 12.1 Å². The summed E-state index contributed by atoms with van der Waals surface area (Å²) in [6.07, 6.45) is 0. The highest BCUT2D eigenvalue weighted by Crippen LogP contribution is 2.62. The van der Waals surface area contributed by atoms with Crippen LogP contribution in [0.2, 0.25) is 0 Å². The van der Waals surface area contributed by atoms with Crippen molar-refractivity contribution in [1.29, 1.82) is 0 Å². The molecule has 0 bridgehead atoms. The third kappa shape index (κ3) is 2.10. The van der Waals surface area contributed by atoms with Gasteiger partial charge in [0.1, 0.15) is 11.5 Å². The molecule has 0 aromatic heterocycles. The molecule has 2 fully saturated rings. The molecule has 1 aromatic rings. The number of likely N-dealkylation sites (tertiary alicyclic amines) is 1. The number of nitrogens with zero attached hydrogens (tertiary/aromatic N) is 1. The van der Waals surface area contributed by atoms with Crippen molar-refractivity contribution in [3.63, 3.8) is 0 Å². The molecule has 2 unspecified atom stereocenters. The lowest BCUT2D eigenvalue weighted by Crippen LogP contribution is -2.26. The van der Waals surface area contributed by atoms with Gasteiger partial charge in [-0.1, -0.05) is 19.9 Å². The van der Waals surface area contributed by atoms with Crippen LogP contribution in [0.15, 0.2) is 18.2 Å². The SMILES string of the molecule is COc1ccc(CN2CC3C(C2)C3(C)C)c(OC)c1. The Kier molecular flexibility index (Phi) is 2.97. The summed E-state index contributed by atoms with van der Waals surface area (Å²) in [6, 6.07) is 6.10. The quantitative estimate of drug-likeness (QED) is 0.832. The average molecular weight is 261 g/mol. The van der Waals surface area contributed by atoms with Gasteiger partial charge in [-0.2, -0.15) is 0 Å². The molecule has 1 aliphatic carbocycles. The first-order chi connectivity index (χ1) is 9.06. The van der Waals surface area contributed by atoms with Crippen LogP contribution in [0, 0.1) is 17.3 Å². The summed E-state index contributed by atoms with van der Waals surface area (Å²) in [6.45, 7) is 8.23. The van der Waals surface area contributed by atoms with Crippen LogP contribution in [-0.2, 0) is 6.54 Å². The van der Waals surface area contributed by atoms with Crippen molar-refractivity contribution in [3.8, 4) is 11.5 Å². The van der Waals surface area contributed by atoms with Crippen molar-refractivity contribution >= 4 is 0 Å². The van der Waals surface area contributed by atoms with E-state index in [1.165, 1.54) is 18.7 Å². The van der Waals surface area contributed by atoms with Crippen molar-refractivity contribution in [2.45, 2.75) is 20.4 Å². The lowest BCUT2D eigenvalue weighted by molar-refractivity contribution is 0.248. The molecule has 2 atom stereocenters. The van der Waals surface area contributed by atoms with Gasteiger partial charge < -0.3 is 9.47 Å². The number of methoxy groups -OCH3 is 2. The van der Waals surface area contributed by atoms with E-state index in [0.717, 1.165) is 29.9 Å². The van der Waals surface area contributed by atoms with Gasteiger partial charge in [-0.25, -0.2) is 0 Å². The first-order valence-electron chi connectivity index (χ1n) is 6.99. The predicted molar refractivity (Wildman–Crippen MR) is 75.6 cm³/mol. The van der Waals surface area contributed by atoms with Crippen LogP contribution in [-0.4, -0.2) is 32.2 Å². The minimum atomic E-state index is 0.584. The Balaban J connectivity index is 1.68. The number of ether oxygens (including phenoxy) is 2. The fraction of sp³-hybridized carbons (Fsp3) is 0.625. The maximum atomic E-state index is 5.47. The van der Waals surface area contributed by atoms with Crippen LogP contribution in [0.3, 0.4) is 0 Å². The normalized spacial score (nSPS) is 28.0. The monoisotopic (exact) mass is 261 g/mol. The van der Waals surface area contributed by atoms with E-state index in [4.69, 9.17) is 9.47 Å². The number of hydrogen-bond acceptors (Lipinski definition) is 3. The molecule has 3 nitrogen and oxygen atoms in total. The molecule has 0 amide bonds. The predicted octanol–water partition coefficient (Wildman–Crippen LogP) is 2.79. The second kappa shape index (κ2) is 4.41. The van der Waals surface area contributed by atoms with Crippen LogP contribution in [0.25, 0.3) is 0 Å². The maximum absolute atomic E-state index is 5.47. The van der Waals surface area contributed by atoms with Gasteiger partial charge in [-0.3, -0.25) is 4.90 Å². The third-order valence-corrected chi connectivity index (χ3v) is 5.09.